The molecule has 104 valence electrons. The first-order valence-electron chi connectivity index (χ1n) is 6.19. The van der Waals surface area contributed by atoms with Crippen molar-refractivity contribution in [3.63, 3.8) is 0 Å². The number of hydrogen-bond donors (Lipinski definition) is 1. The number of benzene rings is 1. The summed E-state index contributed by atoms with van der Waals surface area (Å²) >= 11 is 3.22. The van der Waals surface area contributed by atoms with Crippen LogP contribution < -0.4 is 10.1 Å². The molecule has 0 radical (unpaired) electrons. The minimum Gasteiger partial charge on any atom is -0.480 e. The molecule has 1 aliphatic rings. The third-order valence-corrected chi connectivity index (χ3v) is 3.59. The fourth-order valence-corrected chi connectivity index (χ4v) is 2.40. The zero-order valence-corrected chi connectivity index (χ0v) is 12.2. The zero-order valence-electron chi connectivity index (χ0n) is 10.7. The van der Waals surface area contributed by atoms with Gasteiger partial charge in [-0.2, -0.15) is 0 Å². The molecule has 1 aromatic rings. The van der Waals surface area contributed by atoms with Crippen molar-refractivity contribution >= 4 is 21.8 Å². The number of carbonyl (C=O) groups is 1. The Hall–Kier alpha value is -1.14. The van der Waals surface area contributed by atoms with Crippen LogP contribution in [0, 0.1) is 5.82 Å². The number of hydrogen-bond acceptors (Lipinski definition) is 3. The highest BCUT2D eigenvalue weighted by molar-refractivity contribution is 9.10. The summed E-state index contributed by atoms with van der Waals surface area (Å²) in [5.41, 5.74) is 0. The van der Waals surface area contributed by atoms with Gasteiger partial charge in [0.1, 0.15) is 11.6 Å². The first kappa shape index (κ1) is 14.3. The van der Waals surface area contributed by atoms with Gasteiger partial charge in [-0.15, -0.1) is 0 Å². The van der Waals surface area contributed by atoms with Crippen LogP contribution >= 0.6 is 15.9 Å². The fourth-order valence-electron chi connectivity index (χ4n) is 1.95. The van der Waals surface area contributed by atoms with Crippen LogP contribution in [0.15, 0.2) is 22.7 Å². The zero-order chi connectivity index (χ0) is 13.8. The van der Waals surface area contributed by atoms with E-state index in [-0.39, 0.29) is 11.7 Å². The number of halogens is 2. The molecule has 1 atom stereocenters. The van der Waals surface area contributed by atoms with Crippen molar-refractivity contribution in [2.75, 3.05) is 26.2 Å². The van der Waals surface area contributed by atoms with Gasteiger partial charge in [-0.1, -0.05) is 0 Å². The highest BCUT2D eigenvalue weighted by Gasteiger charge is 2.23. The van der Waals surface area contributed by atoms with E-state index < -0.39 is 6.10 Å². The van der Waals surface area contributed by atoms with Gasteiger partial charge in [0.05, 0.1) is 4.47 Å². The lowest BCUT2D eigenvalue weighted by molar-refractivity contribution is -0.138. The van der Waals surface area contributed by atoms with E-state index in [9.17, 15) is 9.18 Å². The van der Waals surface area contributed by atoms with Crippen molar-refractivity contribution < 1.29 is 13.9 Å². The molecule has 19 heavy (non-hydrogen) atoms. The lowest BCUT2D eigenvalue weighted by atomic mass is 10.2. The van der Waals surface area contributed by atoms with E-state index >= 15 is 0 Å². The lowest BCUT2D eigenvalue weighted by Crippen LogP contribution is -2.50. The van der Waals surface area contributed by atoms with E-state index in [4.69, 9.17) is 4.74 Å². The van der Waals surface area contributed by atoms with Crippen molar-refractivity contribution in [3.8, 4) is 5.75 Å². The van der Waals surface area contributed by atoms with Gasteiger partial charge in [-0.25, -0.2) is 4.39 Å². The maximum Gasteiger partial charge on any atom is 0.263 e. The number of nitrogens with zero attached hydrogens (tertiary/aromatic N) is 1. The van der Waals surface area contributed by atoms with Gasteiger partial charge in [0.15, 0.2) is 6.10 Å². The molecule has 1 heterocycles. The number of piperazine rings is 1. The van der Waals surface area contributed by atoms with Crippen LogP contribution in [0.4, 0.5) is 4.39 Å². The molecular formula is C13H16BrFN2O2. The Morgan fingerprint density at radius 1 is 1.47 bits per heavy atom. The van der Waals surface area contributed by atoms with Crippen LogP contribution in [0.1, 0.15) is 6.92 Å². The minimum absolute atomic E-state index is 0.0438. The van der Waals surface area contributed by atoms with E-state index in [0.717, 1.165) is 13.1 Å². The normalized spacial score (nSPS) is 17.1. The molecule has 1 aliphatic heterocycles. The molecule has 1 N–H and O–H groups in total. The average molecular weight is 331 g/mol. The lowest BCUT2D eigenvalue weighted by Gasteiger charge is -2.29. The summed E-state index contributed by atoms with van der Waals surface area (Å²) in [5.74, 6) is 0.0791. The van der Waals surface area contributed by atoms with Gasteiger partial charge < -0.3 is 15.0 Å². The van der Waals surface area contributed by atoms with E-state index in [2.05, 4.69) is 21.2 Å². The van der Waals surface area contributed by atoms with Crippen LogP contribution in [0.3, 0.4) is 0 Å². The first-order chi connectivity index (χ1) is 9.08. The van der Waals surface area contributed by atoms with Crippen LogP contribution in [-0.2, 0) is 4.79 Å². The summed E-state index contributed by atoms with van der Waals surface area (Å²) in [4.78, 5) is 13.9. The van der Waals surface area contributed by atoms with Crippen molar-refractivity contribution in [1.29, 1.82) is 0 Å². The Balaban J connectivity index is 1.99. The molecule has 2 rings (SSSR count). The molecule has 1 saturated heterocycles. The topological polar surface area (TPSA) is 41.6 Å². The molecule has 1 fully saturated rings. The molecule has 0 aliphatic carbocycles. The Labute approximate surface area is 120 Å². The van der Waals surface area contributed by atoms with Gasteiger partial charge in [-0.05, 0) is 41.1 Å². The Morgan fingerprint density at radius 3 is 2.79 bits per heavy atom. The highest BCUT2D eigenvalue weighted by Crippen LogP contribution is 2.26. The summed E-state index contributed by atoms with van der Waals surface area (Å²) in [6, 6.07) is 4.14. The summed E-state index contributed by atoms with van der Waals surface area (Å²) in [7, 11) is 0. The van der Waals surface area contributed by atoms with Gasteiger partial charge in [0.2, 0.25) is 0 Å². The van der Waals surface area contributed by atoms with Gasteiger partial charge >= 0.3 is 0 Å². The van der Waals surface area contributed by atoms with Crippen LogP contribution in [0.5, 0.6) is 5.75 Å². The van der Waals surface area contributed by atoms with Gasteiger partial charge in [0.25, 0.3) is 5.91 Å². The summed E-state index contributed by atoms with van der Waals surface area (Å²) < 4.78 is 19.1. The smallest absolute Gasteiger partial charge is 0.263 e. The number of ether oxygens (including phenoxy) is 1. The molecular weight excluding hydrogens is 315 g/mol. The SMILES string of the molecule is CC(Oc1ccc(F)cc1Br)C(=O)N1CCNCC1. The first-order valence-corrected chi connectivity index (χ1v) is 6.98. The van der Waals surface area contributed by atoms with Crippen LogP contribution in [-0.4, -0.2) is 43.1 Å². The van der Waals surface area contributed by atoms with Crippen molar-refractivity contribution in [2.45, 2.75) is 13.0 Å². The highest BCUT2D eigenvalue weighted by atomic mass is 79.9. The van der Waals surface area contributed by atoms with E-state index in [1.807, 2.05) is 0 Å². The Kier molecular flexibility index (Phi) is 4.76. The summed E-state index contributed by atoms with van der Waals surface area (Å²) in [6.45, 7) is 4.70. The third kappa shape index (κ3) is 3.67. The minimum atomic E-state index is -0.583. The fraction of sp³-hybridized carbons (Fsp3) is 0.462. The van der Waals surface area contributed by atoms with E-state index in [0.29, 0.717) is 23.3 Å². The largest absolute Gasteiger partial charge is 0.480 e. The second kappa shape index (κ2) is 6.34. The molecule has 1 amide bonds. The molecule has 6 heteroatoms. The number of nitrogens with one attached hydrogen (secondary N) is 1. The summed E-state index contributed by atoms with van der Waals surface area (Å²) in [6.07, 6.45) is -0.583. The second-order valence-electron chi connectivity index (χ2n) is 4.41. The maximum atomic E-state index is 13.0. The molecule has 0 saturated carbocycles. The molecule has 4 nitrogen and oxygen atoms in total. The van der Waals surface area contributed by atoms with Gasteiger partial charge in [0, 0.05) is 26.2 Å². The van der Waals surface area contributed by atoms with Crippen LogP contribution in [0.25, 0.3) is 0 Å². The predicted molar refractivity (Wildman–Crippen MR) is 73.6 cm³/mol. The molecule has 0 spiro atoms. The van der Waals surface area contributed by atoms with Crippen molar-refractivity contribution in [3.05, 3.63) is 28.5 Å². The molecule has 0 bridgehead atoms. The second-order valence-corrected chi connectivity index (χ2v) is 5.26. The summed E-state index contributed by atoms with van der Waals surface area (Å²) in [5, 5.41) is 3.19. The average Bonchev–Trinajstić information content (AvgIpc) is 2.42. The van der Waals surface area contributed by atoms with Crippen LogP contribution in [0.2, 0.25) is 0 Å². The van der Waals surface area contributed by atoms with E-state index in [1.54, 1.807) is 11.8 Å². The standard InChI is InChI=1S/C13H16BrFN2O2/c1-9(13(18)17-6-4-16-5-7-17)19-12-3-2-10(15)8-11(12)14/h2-3,8-9,16H,4-7H2,1H3. The number of rotatable bonds is 3. The Morgan fingerprint density at radius 2 is 2.16 bits per heavy atom. The quantitative estimate of drug-likeness (QED) is 0.918. The van der Waals surface area contributed by atoms with Crippen molar-refractivity contribution in [2.24, 2.45) is 0 Å². The van der Waals surface area contributed by atoms with Gasteiger partial charge in [-0.3, -0.25) is 4.79 Å². The molecule has 1 unspecified atom stereocenters. The monoisotopic (exact) mass is 330 g/mol. The number of amides is 1. The third-order valence-electron chi connectivity index (χ3n) is 2.97. The molecule has 0 aromatic heterocycles. The number of carbonyl (C=O) groups excluding carboxylic acids is 1. The maximum absolute atomic E-state index is 13.0. The van der Waals surface area contributed by atoms with Crippen molar-refractivity contribution in [1.82, 2.24) is 10.2 Å². The van der Waals surface area contributed by atoms with E-state index in [1.165, 1.54) is 18.2 Å². The Bertz CT molecular complexity index is 464. The molecule has 1 aromatic carbocycles. The predicted octanol–water partition coefficient (Wildman–Crippen LogP) is 1.79.